The van der Waals surface area contributed by atoms with Gasteiger partial charge in [0.05, 0.1) is 11.8 Å². The van der Waals surface area contributed by atoms with Crippen LogP contribution in [0.25, 0.3) is 0 Å². The highest BCUT2D eigenvalue weighted by Gasteiger charge is 2.34. The van der Waals surface area contributed by atoms with Gasteiger partial charge in [0.2, 0.25) is 0 Å². The third-order valence-corrected chi connectivity index (χ3v) is 6.51. The molecule has 0 amide bonds. The normalized spacial score (nSPS) is 12.9. The summed E-state index contributed by atoms with van der Waals surface area (Å²) in [5.74, 6) is -1.27. The van der Waals surface area contributed by atoms with Gasteiger partial charge in [0, 0.05) is 20.1 Å². The number of carbonyl (C=O) groups is 1. The predicted octanol–water partition coefficient (Wildman–Crippen LogP) is 8.83. The minimum Gasteiger partial charge on any atom is -0.298 e. The van der Waals surface area contributed by atoms with Gasteiger partial charge in [-0.15, -0.1) is 0 Å². The van der Waals surface area contributed by atoms with Crippen molar-refractivity contribution in [1.29, 1.82) is 0 Å². The molecule has 0 aliphatic heterocycles. The van der Waals surface area contributed by atoms with Gasteiger partial charge in [0.1, 0.15) is 0 Å². The first kappa shape index (κ1) is 22.9. The van der Waals surface area contributed by atoms with Crippen LogP contribution in [0.2, 0.25) is 20.1 Å². The Morgan fingerprint density at radius 3 is 1.25 bits per heavy atom. The number of carbonyl (C=O) groups excluding carboxylic acids is 1. The SMILES string of the molecule is O=C(C(c1ccccc1)c1ccc(Cl)cc1Cl)C(c1ccccc1)c1ccc(Cl)cc1Cl. The van der Waals surface area contributed by atoms with E-state index in [0.717, 1.165) is 11.1 Å². The number of rotatable bonds is 6. The maximum Gasteiger partial charge on any atom is 0.156 e. The third-order valence-electron chi connectivity index (χ3n) is 5.38. The number of hydrogen-bond donors (Lipinski definition) is 0. The summed E-state index contributed by atoms with van der Waals surface area (Å²) in [4.78, 5) is 14.3. The lowest BCUT2D eigenvalue weighted by Gasteiger charge is -2.26. The molecule has 0 aliphatic rings. The molecule has 0 aliphatic carbocycles. The van der Waals surface area contributed by atoms with Crippen molar-refractivity contribution < 1.29 is 4.79 Å². The third kappa shape index (κ3) is 4.87. The van der Waals surface area contributed by atoms with E-state index in [2.05, 4.69) is 0 Å². The topological polar surface area (TPSA) is 17.1 Å². The summed E-state index contributed by atoms with van der Waals surface area (Å²) in [7, 11) is 0. The molecule has 0 saturated heterocycles. The van der Waals surface area contributed by atoms with Gasteiger partial charge in [0.15, 0.2) is 5.78 Å². The lowest BCUT2D eigenvalue weighted by Crippen LogP contribution is -2.23. The van der Waals surface area contributed by atoms with Crippen LogP contribution in [0.3, 0.4) is 0 Å². The Bertz CT molecular complexity index is 1140. The molecule has 0 heterocycles. The van der Waals surface area contributed by atoms with E-state index in [-0.39, 0.29) is 5.78 Å². The molecule has 0 radical (unpaired) electrons. The molecule has 0 spiro atoms. The quantitative estimate of drug-likeness (QED) is 0.259. The van der Waals surface area contributed by atoms with E-state index in [4.69, 9.17) is 46.4 Å². The second kappa shape index (κ2) is 10.1. The fourth-order valence-electron chi connectivity index (χ4n) is 3.92. The first-order valence-corrected chi connectivity index (χ1v) is 11.5. The fourth-order valence-corrected chi connectivity index (χ4v) is 4.96. The summed E-state index contributed by atoms with van der Waals surface area (Å²) in [6, 6.07) is 29.6. The molecule has 4 rings (SSSR count). The summed E-state index contributed by atoms with van der Waals surface area (Å²) in [5, 5.41) is 1.90. The van der Waals surface area contributed by atoms with Crippen LogP contribution in [0.5, 0.6) is 0 Å². The molecule has 4 aromatic carbocycles. The summed E-state index contributed by atoms with van der Waals surface area (Å²) in [6.45, 7) is 0. The summed E-state index contributed by atoms with van der Waals surface area (Å²) in [6.07, 6.45) is 0. The van der Waals surface area contributed by atoms with Crippen molar-refractivity contribution in [2.24, 2.45) is 0 Å². The molecule has 2 atom stereocenters. The predicted molar refractivity (Wildman–Crippen MR) is 135 cm³/mol. The van der Waals surface area contributed by atoms with Crippen molar-refractivity contribution >= 4 is 52.2 Å². The Morgan fingerprint density at radius 1 is 0.531 bits per heavy atom. The van der Waals surface area contributed by atoms with Crippen LogP contribution in [-0.4, -0.2) is 5.78 Å². The molecule has 0 saturated carbocycles. The van der Waals surface area contributed by atoms with Gasteiger partial charge >= 0.3 is 0 Å². The van der Waals surface area contributed by atoms with Gasteiger partial charge in [-0.2, -0.15) is 0 Å². The van der Waals surface area contributed by atoms with Crippen LogP contribution in [0.4, 0.5) is 0 Å². The zero-order chi connectivity index (χ0) is 22.7. The van der Waals surface area contributed by atoms with Gasteiger partial charge in [0.25, 0.3) is 0 Å². The van der Waals surface area contributed by atoms with Crippen LogP contribution in [0.15, 0.2) is 97.1 Å². The van der Waals surface area contributed by atoms with E-state index in [1.165, 1.54) is 0 Å². The minimum absolute atomic E-state index is 0.0455. The van der Waals surface area contributed by atoms with Crippen LogP contribution < -0.4 is 0 Å². The van der Waals surface area contributed by atoms with E-state index in [0.29, 0.717) is 31.2 Å². The van der Waals surface area contributed by atoms with Gasteiger partial charge < -0.3 is 0 Å². The maximum atomic E-state index is 14.3. The highest BCUT2D eigenvalue weighted by atomic mass is 35.5. The number of Topliss-reactive ketones (excluding diaryl/α,β-unsaturated/α-hetero) is 1. The number of halogens is 4. The monoisotopic (exact) mass is 498 g/mol. The van der Waals surface area contributed by atoms with Crippen LogP contribution >= 0.6 is 46.4 Å². The van der Waals surface area contributed by atoms with Gasteiger partial charge in [-0.1, -0.05) is 119 Å². The molecule has 4 aromatic rings. The molecular weight excluding hydrogens is 482 g/mol. The molecule has 2 unspecified atom stereocenters. The molecule has 1 nitrogen and oxygen atoms in total. The molecule has 0 aromatic heterocycles. The fraction of sp³-hybridized carbons (Fsp3) is 0.0741. The van der Waals surface area contributed by atoms with Crippen LogP contribution in [0.1, 0.15) is 34.1 Å². The van der Waals surface area contributed by atoms with Crippen LogP contribution in [-0.2, 0) is 4.79 Å². The lowest BCUT2D eigenvalue weighted by atomic mass is 9.77. The second-order valence-electron chi connectivity index (χ2n) is 7.42. The molecule has 0 N–H and O–H groups in total. The maximum absolute atomic E-state index is 14.3. The van der Waals surface area contributed by atoms with E-state index in [1.807, 2.05) is 72.8 Å². The average molecular weight is 500 g/mol. The van der Waals surface area contributed by atoms with E-state index in [1.54, 1.807) is 24.3 Å². The Kier molecular flexibility index (Phi) is 7.23. The van der Waals surface area contributed by atoms with E-state index in [9.17, 15) is 4.79 Å². The lowest BCUT2D eigenvalue weighted by molar-refractivity contribution is -0.120. The summed E-state index contributed by atoms with van der Waals surface area (Å²) < 4.78 is 0. The van der Waals surface area contributed by atoms with Gasteiger partial charge in [-0.25, -0.2) is 0 Å². The molecule has 5 heteroatoms. The largest absolute Gasteiger partial charge is 0.298 e. The molecule has 160 valence electrons. The molecule has 32 heavy (non-hydrogen) atoms. The highest BCUT2D eigenvalue weighted by molar-refractivity contribution is 6.36. The number of ketones is 1. The number of benzene rings is 4. The van der Waals surface area contributed by atoms with Gasteiger partial charge in [-0.05, 0) is 46.5 Å². The molecule has 0 fully saturated rings. The van der Waals surface area contributed by atoms with Crippen LogP contribution in [0, 0.1) is 0 Å². The zero-order valence-corrected chi connectivity index (χ0v) is 19.8. The second-order valence-corrected chi connectivity index (χ2v) is 9.11. The minimum atomic E-state index is -0.613. The van der Waals surface area contributed by atoms with Crippen molar-refractivity contribution in [2.75, 3.05) is 0 Å². The summed E-state index contributed by atoms with van der Waals surface area (Å²) >= 11 is 25.4. The average Bonchev–Trinajstić information content (AvgIpc) is 2.79. The summed E-state index contributed by atoms with van der Waals surface area (Å²) in [5.41, 5.74) is 3.07. The number of hydrogen-bond acceptors (Lipinski definition) is 1. The standard InChI is InChI=1S/C27H18Cl4O/c28-19-11-13-21(23(30)15-19)25(17-7-3-1-4-8-17)27(32)26(18-9-5-2-6-10-18)22-14-12-20(29)16-24(22)31/h1-16,25-26H. The van der Waals surface area contributed by atoms with Crippen molar-refractivity contribution in [3.05, 3.63) is 139 Å². The van der Waals surface area contributed by atoms with Crippen molar-refractivity contribution in [1.82, 2.24) is 0 Å². The van der Waals surface area contributed by atoms with Crippen molar-refractivity contribution in [3.8, 4) is 0 Å². The Balaban J connectivity index is 1.92. The van der Waals surface area contributed by atoms with E-state index >= 15 is 0 Å². The Hall–Kier alpha value is -2.29. The molecule has 0 bridgehead atoms. The zero-order valence-electron chi connectivity index (χ0n) is 16.8. The first-order valence-electron chi connectivity index (χ1n) is 9.99. The van der Waals surface area contributed by atoms with Crippen molar-refractivity contribution in [3.63, 3.8) is 0 Å². The molecular formula is C27H18Cl4O. The van der Waals surface area contributed by atoms with Crippen molar-refractivity contribution in [2.45, 2.75) is 11.8 Å². The van der Waals surface area contributed by atoms with E-state index < -0.39 is 11.8 Å². The van der Waals surface area contributed by atoms with Gasteiger partial charge in [-0.3, -0.25) is 4.79 Å². The Labute approximate surface area is 207 Å². The Morgan fingerprint density at radius 2 is 0.906 bits per heavy atom. The smallest absolute Gasteiger partial charge is 0.156 e. The first-order chi connectivity index (χ1) is 15.5. The highest BCUT2D eigenvalue weighted by Crippen LogP contribution is 2.41.